The van der Waals surface area contributed by atoms with Gasteiger partial charge in [-0.25, -0.2) is 8.78 Å². The van der Waals surface area contributed by atoms with E-state index in [-0.39, 0.29) is 40.2 Å². The molecule has 0 saturated carbocycles. The van der Waals surface area contributed by atoms with Gasteiger partial charge in [-0.1, -0.05) is 23.2 Å². The fourth-order valence-electron chi connectivity index (χ4n) is 3.64. The van der Waals surface area contributed by atoms with E-state index in [1.807, 2.05) is 0 Å². The fourth-order valence-corrected chi connectivity index (χ4v) is 3.98. The molecule has 0 spiro atoms. The first kappa shape index (κ1) is 21.6. The summed E-state index contributed by atoms with van der Waals surface area (Å²) in [5.74, 6) is 0.276. The topological polar surface area (TPSA) is 41.6 Å². The third kappa shape index (κ3) is 3.42. The van der Waals surface area contributed by atoms with Gasteiger partial charge in [-0.3, -0.25) is 4.99 Å². The van der Waals surface area contributed by atoms with E-state index in [0.717, 1.165) is 12.1 Å². The Kier molecular flexibility index (Phi) is 5.71. The summed E-state index contributed by atoms with van der Waals surface area (Å²) in [6.45, 7) is 0.129. The lowest BCUT2D eigenvalue weighted by molar-refractivity contribution is -0.211. The predicted molar refractivity (Wildman–Crippen MR) is 105 cm³/mol. The molecule has 3 nitrogen and oxygen atoms in total. The fraction of sp³-hybridized carbons (Fsp3) is 0.316. The van der Waals surface area contributed by atoms with Gasteiger partial charge in [0.05, 0.1) is 5.84 Å². The Bertz CT molecular complexity index is 906. The number of hydrogen-bond donors (Lipinski definition) is 1. The van der Waals surface area contributed by atoms with Crippen LogP contribution in [-0.2, 0) is 5.41 Å². The maximum Gasteiger partial charge on any atom is 0.408 e. The monoisotopic (exact) mass is 451 g/mol. The highest BCUT2D eigenvalue weighted by atomic mass is 35.5. The molecule has 2 aromatic carbocycles. The van der Waals surface area contributed by atoms with Crippen LogP contribution in [0.5, 0.6) is 0 Å². The Morgan fingerprint density at radius 1 is 1.07 bits per heavy atom. The lowest BCUT2D eigenvalue weighted by Gasteiger charge is -2.45. The molecule has 0 radical (unpaired) electrons. The van der Waals surface area contributed by atoms with Crippen LogP contribution in [0.2, 0.25) is 10.0 Å². The Morgan fingerprint density at radius 3 is 1.93 bits per heavy atom. The van der Waals surface area contributed by atoms with E-state index < -0.39 is 29.1 Å². The molecule has 0 amide bonds. The predicted octanol–water partition coefficient (Wildman–Crippen LogP) is 5.94. The van der Waals surface area contributed by atoms with Crippen LogP contribution in [0.1, 0.15) is 17.5 Å². The molecule has 0 aromatic heterocycles. The minimum atomic E-state index is -5.31. The second kappa shape index (κ2) is 7.65. The van der Waals surface area contributed by atoms with Crippen LogP contribution in [0.25, 0.3) is 0 Å². The summed E-state index contributed by atoms with van der Waals surface area (Å²) in [6.07, 6.45) is -8.88. The van der Waals surface area contributed by atoms with E-state index in [2.05, 4.69) is 4.99 Å². The zero-order valence-electron chi connectivity index (χ0n) is 15.1. The van der Waals surface area contributed by atoms with Gasteiger partial charge in [0.15, 0.2) is 5.41 Å². The summed E-state index contributed by atoms with van der Waals surface area (Å²) in [7, 11) is 1.48. The van der Waals surface area contributed by atoms with Crippen LogP contribution in [0.15, 0.2) is 41.4 Å². The van der Waals surface area contributed by atoms with Crippen molar-refractivity contribution in [2.75, 3.05) is 18.5 Å². The molecule has 0 atom stereocenters. The van der Waals surface area contributed by atoms with Crippen molar-refractivity contribution >= 4 is 40.4 Å². The van der Waals surface area contributed by atoms with Crippen molar-refractivity contribution in [1.82, 2.24) is 0 Å². The molecule has 0 saturated heterocycles. The van der Waals surface area contributed by atoms with E-state index in [0.29, 0.717) is 0 Å². The smallest absolute Gasteiger partial charge is 0.387 e. The molecule has 1 aliphatic rings. The molecule has 10 heteroatoms. The molecule has 0 unspecified atom stereocenters. The maximum absolute atomic E-state index is 14.3. The van der Waals surface area contributed by atoms with Crippen molar-refractivity contribution in [2.45, 2.75) is 24.4 Å². The molecular weight excluding hydrogens is 436 g/mol. The summed E-state index contributed by atoms with van der Waals surface area (Å²) in [4.78, 5) is 5.34. The minimum Gasteiger partial charge on any atom is -0.387 e. The van der Waals surface area contributed by atoms with Gasteiger partial charge >= 0.3 is 6.18 Å². The number of anilines is 2. The molecule has 1 heterocycles. The number of amidine groups is 1. The minimum absolute atomic E-state index is 0.0225. The first-order valence-electron chi connectivity index (χ1n) is 8.47. The van der Waals surface area contributed by atoms with Crippen molar-refractivity contribution in [3.8, 4) is 0 Å². The zero-order chi connectivity index (χ0) is 21.6. The van der Waals surface area contributed by atoms with Crippen molar-refractivity contribution < 1.29 is 22.0 Å². The Balaban J connectivity index is 2.38. The molecule has 2 aromatic rings. The average Bonchev–Trinajstić information content (AvgIpc) is 2.63. The van der Waals surface area contributed by atoms with E-state index >= 15 is 0 Å². The molecule has 2 N–H and O–H groups in total. The number of aliphatic imine (C=N–C) groups is 1. The van der Waals surface area contributed by atoms with Crippen LogP contribution in [0.3, 0.4) is 0 Å². The lowest BCUT2D eigenvalue weighted by atomic mass is 9.70. The first-order chi connectivity index (χ1) is 13.5. The van der Waals surface area contributed by atoms with Gasteiger partial charge in [0, 0.05) is 52.6 Å². The molecule has 156 valence electrons. The Labute approximate surface area is 173 Å². The number of nitrogens with zero attached hydrogens (tertiary/aromatic N) is 2. The largest absolute Gasteiger partial charge is 0.408 e. The van der Waals surface area contributed by atoms with E-state index in [1.54, 1.807) is 0 Å². The number of fused-ring (bicyclic) bond motifs is 2. The molecule has 1 aliphatic heterocycles. The normalized spacial score (nSPS) is 16.0. The summed E-state index contributed by atoms with van der Waals surface area (Å²) in [5, 5.41) is -0.170. The van der Waals surface area contributed by atoms with Crippen molar-refractivity contribution in [1.29, 1.82) is 0 Å². The maximum atomic E-state index is 14.3. The summed E-state index contributed by atoms with van der Waals surface area (Å²) < 4.78 is 71.7. The van der Waals surface area contributed by atoms with Crippen molar-refractivity contribution in [2.24, 2.45) is 10.7 Å². The highest BCUT2D eigenvalue weighted by Crippen LogP contribution is 2.59. The van der Waals surface area contributed by atoms with Crippen LogP contribution in [0, 0.1) is 0 Å². The van der Waals surface area contributed by atoms with Gasteiger partial charge in [0.25, 0.3) is 6.43 Å². The number of rotatable bonds is 4. The van der Waals surface area contributed by atoms with Crippen LogP contribution >= 0.6 is 23.2 Å². The average molecular weight is 452 g/mol. The van der Waals surface area contributed by atoms with Gasteiger partial charge in [-0.05, 0) is 36.4 Å². The van der Waals surface area contributed by atoms with Gasteiger partial charge < -0.3 is 10.6 Å². The number of hydrogen-bond acceptors (Lipinski definition) is 2. The molecule has 0 fully saturated rings. The van der Waals surface area contributed by atoms with E-state index in [9.17, 15) is 22.0 Å². The van der Waals surface area contributed by atoms with Crippen molar-refractivity contribution in [3.63, 3.8) is 0 Å². The second-order valence-electron chi connectivity index (χ2n) is 6.55. The number of benzene rings is 2. The van der Waals surface area contributed by atoms with E-state index in [1.165, 1.54) is 36.2 Å². The molecule has 0 bridgehead atoms. The number of halogens is 7. The van der Waals surface area contributed by atoms with Gasteiger partial charge in [-0.15, -0.1) is 0 Å². The third-order valence-corrected chi connectivity index (χ3v) is 5.47. The highest BCUT2D eigenvalue weighted by molar-refractivity contribution is 6.31. The molecule has 0 aliphatic carbocycles. The van der Waals surface area contributed by atoms with Crippen LogP contribution in [-0.4, -0.2) is 32.0 Å². The standard InChI is InChI=1S/C19H16Cl2F5N3/c1-28-16(27)6-7-29-14-4-2-10(20)8-12(14)18(17(22)23,19(24,25)26)13-9-11(21)3-5-15(13)29/h2-5,8-9,17H,6-7H2,1H3,(H2,27,28). The van der Waals surface area contributed by atoms with Gasteiger partial charge in [0.2, 0.25) is 0 Å². The number of nitrogens with two attached hydrogens (primary N) is 1. The van der Waals surface area contributed by atoms with Gasteiger partial charge in [-0.2, -0.15) is 13.2 Å². The summed E-state index contributed by atoms with van der Waals surface area (Å²) in [6, 6.07) is 7.19. The SMILES string of the molecule is CN=C(N)CCN1c2ccc(Cl)cc2C(C(F)F)(C(F)(F)F)c2cc(Cl)ccc21. The third-order valence-electron chi connectivity index (χ3n) is 5.00. The summed E-state index contributed by atoms with van der Waals surface area (Å²) >= 11 is 11.8. The number of alkyl halides is 5. The molecule has 29 heavy (non-hydrogen) atoms. The quantitative estimate of drug-likeness (QED) is 0.355. The molecular formula is C19H16Cl2F5N3. The van der Waals surface area contributed by atoms with Crippen LogP contribution < -0.4 is 10.6 Å². The molecule has 3 rings (SSSR count). The van der Waals surface area contributed by atoms with E-state index in [4.69, 9.17) is 28.9 Å². The first-order valence-corrected chi connectivity index (χ1v) is 9.23. The van der Waals surface area contributed by atoms with Gasteiger partial charge in [0.1, 0.15) is 0 Å². The second-order valence-corrected chi connectivity index (χ2v) is 7.42. The highest BCUT2D eigenvalue weighted by Gasteiger charge is 2.66. The Hall–Kier alpha value is -2.06. The summed E-state index contributed by atoms with van der Waals surface area (Å²) in [5.41, 5.74) is 0.850. The van der Waals surface area contributed by atoms with Crippen molar-refractivity contribution in [3.05, 3.63) is 57.6 Å². The lowest BCUT2D eigenvalue weighted by Crippen LogP contribution is -2.53. The van der Waals surface area contributed by atoms with Crippen LogP contribution in [0.4, 0.5) is 33.3 Å². The zero-order valence-corrected chi connectivity index (χ0v) is 16.6. The Morgan fingerprint density at radius 2 is 1.55 bits per heavy atom.